The lowest BCUT2D eigenvalue weighted by molar-refractivity contribution is -0.0351. The van der Waals surface area contributed by atoms with Crippen molar-refractivity contribution in [3.63, 3.8) is 0 Å². The van der Waals surface area contributed by atoms with Gasteiger partial charge in [-0.2, -0.15) is 10.2 Å². The molecule has 1 aliphatic heterocycles. The Bertz CT molecular complexity index is 354. The molecule has 1 saturated heterocycles. The van der Waals surface area contributed by atoms with Crippen LogP contribution >= 0.6 is 0 Å². The minimum absolute atomic E-state index is 0.249. The van der Waals surface area contributed by atoms with Gasteiger partial charge in [-0.05, 0) is 59.1 Å². The molecular formula is C14H23N3. The van der Waals surface area contributed by atoms with Crippen LogP contribution in [0.5, 0.6) is 0 Å². The van der Waals surface area contributed by atoms with E-state index in [1.54, 1.807) is 6.20 Å². The van der Waals surface area contributed by atoms with Crippen molar-refractivity contribution in [2.45, 2.75) is 64.6 Å². The van der Waals surface area contributed by atoms with Crippen LogP contribution in [0.15, 0.2) is 18.3 Å². The van der Waals surface area contributed by atoms with Gasteiger partial charge in [-0.15, -0.1) is 0 Å². The minimum atomic E-state index is 0.249. The Morgan fingerprint density at radius 1 is 1.18 bits per heavy atom. The van der Waals surface area contributed by atoms with Crippen LogP contribution in [-0.4, -0.2) is 26.2 Å². The minimum Gasteiger partial charge on any atom is -0.287 e. The summed E-state index contributed by atoms with van der Waals surface area (Å²) in [7, 11) is 0. The molecule has 0 unspecified atom stereocenters. The first-order valence-corrected chi connectivity index (χ1v) is 6.46. The van der Waals surface area contributed by atoms with Gasteiger partial charge in [0.25, 0.3) is 0 Å². The van der Waals surface area contributed by atoms with Crippen molar-refractivity contribution in [1.82, 2.24) is 15.1 Å². The highest BCUT2D eigenvalue weighted by molar-refractivity contribution is 5.04. The van der Waals surface area contributed by atoms with E-state index >= 15 is 0 Å². The summed E-state index contributed by atoms with van der Waals surface area (Å²) in [6.45, 7) is 10.2. The van der Waals surface area contributed by atoms with Gasteiger partial charge in [0.1, 0.15) is 0 Å². The Morgan fingerprint density at radius 3 is 2.35 bits per heavy atom. The van der Waals surface area contributed by atoms with Gasteiger partial charge in [0.2, 0.25) is 0 Å². The summed E-state index contributed by atoms with van der Waals surface area (Å²) in [5.41, 5.74) is 1.56. The van der Waals surface area contributed by atoms with Crippen LogP contribution in [0.4, 0.5) is 0 Å². The van der Waals surface area contributed by atoms with E-state index in [1.165, 1.54) is 19.3 Å². The highest BCUT2D eigenvalue weighted by atomic mass is 15.3. The summed E-state index contributed by atoms with van der Waals surface area (Å²) in [5, 5.41) is 8.18. The van der Waals surface area contributed by atoms with Gasteiger partial charge in [0.15, 0.2) is 0 Å². The molecule has 0 saturated carbocycles. The average Bonchev–Trinajstić information content (AvgIpc) is 2.25. The first-order chi connectivity index (χ1) is 7.92. The standard InChI is InChI=1S/C14H23N3/c1-13(2)8-6-9-14(3,4)17(13)11-12-7-5-10-15-16-12/h5,7,10H,6,8-9,11H2,1-4H3. The Morgan fingerprint density at radius 2 is 1.82 bits per heavy atom. The monoisotopic (exact) mass is 233 g/mol. The molecule has 1 aromatic heterocycles. The van der Waals surface area contributed by atoms with E-state index in [9.17, 15) is 0 Å². The smallest absolute Gasteiger partial charge is 0.0771 e. The number of hydrogen-bond acceptors (Lipinski definition) is 3. The van der Waals surface area contributed by atoms with Crippen LogP contribution in [0.3, 0.4) is 0 Å². The van der Waals surface area contributed by atoms with Crippen molar-refractivity contribution in [3.05, 3.63) is 24.0 Å². The quantitative estimate of drug-likeness (QED) is 0.786. The van der Waals surface area contributed by atoms with Gasteiger partial charge in [-0.1, -0.05) is 0 Å². The van der Waals surface area contributed by atoms with E-state index in [1.807, 2.05) is 6.07 Å². The maximum absolute atomic E-state index is 4.21. The maximum atomic E-state index is 4.21. The number of aromatic nitrogens is 2. The van der Waals surface area contributed by atoms with Gasteiger partial charge in [0.05, 0.1) is 5.69 Å². The normalized spacial score (nSPS) is 23.5. The van der Waals surface area contributed by atoms with Crippen molar-refractivity contribution in [2.75, 3.05) is 0 Å². The van der Waals surface area contributed by atoms with Crippen LogP contribution in [-0.2, 0) is 6.54 Å². The zero-order chi connectivity index (χ0) is 12.5. The fourth-order valence-electron chi connectivity index (χ4n) is 3.05. The highest BCUT2D eigenvalue weighted by Crippen LogP contribution is 2.38. The third-order valence-corrected chi connectivity index (χ3v) is 3.99. The van der Waals surface area contributed by atoms with Crippen LogP contribution < -0.4 is 0 Å². The van der Waals surface area contributed by atoms with Gasteiger partial charge in [0, 0.05) is 23.8 Å². The van der Waals surface area contributed by atoms with E-state index in [2.05, 4.69) is 48.9 Å². The molecule has 0 aromatic carbocycles. The van der Waals surface area contributed by atoms with Gasteiger partial charge < -0.3 is 0 Å². The van der Waals surface area contributed by atoms with E-state index in [-0.39, 0.29) is 11.1 Å². The molecule has 0 atom stereocenters. The third kappa shape index (κ3) is 2.65. The molecule has 17 heavy (non-hydrogen) atoms. The van der Waals surface area contributed by atoms with Crippen molar-refractivity contribution >= 4 is 0 Å². The SMILES string of the molecule is CC1(C)CCCC(C)(C)N1Cc1cccnn1. The first-order valence-electron chi connectivity index (χ1n) is 6.46. The summed E-state index contributed by atoms with van der Waals surface area (Å²) < 4.78 is 0. The van der Waals surface area contributed by atoms with Gasteiger partial charge in [-0.25, -0.2) is 0 Å². The van der Waals surface area contributed by atoms with E-state index in [0.29, 0.717) is 0 Å². The molecule has 0 N–H and O–H groups in total. The number of likely N-dealkylation sites (tertiary alicyclic amines) is 1. The molecule has 2 heterocycles. The lowest BCUT2D eigenvalue weighted by atomic mass is 9.79. The molecule has 0 amide bonds. The predicted octanol–water partition coefficient (Wildman–Crippen LogP) is 3.02. The number of nitrogens with zero attached hydrogens (tertiary/aromatic N) is 3. The molecular weight excluding hydrogens is 210 g/mol. The highest BCUT2D eigenvalue weighted by Gasteiger charge is 2.41. The third-order valence-electron chi connectivity index (χ3n) is 3.99. The molecule has 0 aliphatic carbocycles. The molecule has 0 radical (unpaired) electrons. The Labute approximate surface area is 104 Å². The van der Waals surface area contributed by atoms with Crippen LogP contribution in [0.25, 0.3) is 0 Å². The van der Waals surface area contributed by atoms with Crippen LogP contribution in [0.2, 0.25) is 0 Å². The zero-order valence-electron chi connectivity index (χ0n) is 11.4. The van der Waals surface area contributed by atoms with Crippen molar-refractivity contribution in [3.8, 4) is 0 Å². The largest absolute Gasteiger partial charge is 0.287 e. The Hall–Kier alpha value is -0.960. The second-order valence-electron chi connectivity index (χ2n) is 6.28. The average molecular weight is 233 g/mol. The molecule has 1 aliphatic rings. The molecule has 2 rings (SSSR count). The molecule has 3 heteroatoms. The van der Waals surface area contributed by atoms with Crippen LogP contribution in [0.1, 0.15) is 52.7 Å². The Balaban J connectivity index is 2.21. The summed E-state index contributed by atoms with van der Waals surface area (Å²) in [5.74, 6) is 0. The van der Waals surface area contributed by atoms with E-state index in [0.717, 1.165) is 12.2 Å². The topological polar surface area (TPSA) is 29.0 Å². The first kappa shape index (κ1) is 12.5. The molecule has 94 valence electrons. The lowest BCUT2D eigenvalue weighted by Gasteiger charge is -2.52. The second kappa shape index (κ2) is 4.37. The van der Waals surface area contributed by atoms with Gasteiger partial charge >= 0.3 is 0 Å². The van der Waals surface area contributed by atoms with E-state index < -0.39 is 0 Å². The van der Waals surface area contributed by atoms with Crippen molar-refractivity contribution < 1.29 is 0 Å². The second-order valence-corrected chi connectivity index (χ2v) is 6.28. The number of piperidine rings is 1. The fraction of sp³-hybridized carbons (Fsp3) is 0.714. The van der Waals surface area contributed by atoms with Crippen molar-refractivity contribution in [1.29, 1.82) is 0 Å². The number of rotatable bonds is 2. The molecule has 3 nitrogen and oxygen atoms in total. The maximum Gasteiger partial charge on any atom is 0.0771 e. The molecule has 0 bridgehead atoms. The summed E-state index contributed by atoms with van der Waals surface area (Å²) in [6, 6.07) is 4.03. The molecule has 1 fully saturated rings. The predicted molar refractivity (Wildman–Crippen MR) is 69.6 cm³/mol. The lowest BCUT2D eigenvalue weighted by Crippen LogP contribution is -2.57. The van der Waals surface area contributed by atoms with E-state index in [4.69, 9.17) is 0 Å². The summed E-state index contributed by atoms with van der Waals surface area (Å²) in [6.07, 6.45) is 5.57. The van der Waals surface area contributed by atoms with Crippen LogP contribution in [0, 0.1) is 0 Å². The zero-order valence-corrected chi connectivity index (χ0v) is 11.4. The fourth-order valence-corrected chi connectivity index (χ4v) is 3.05. The Kier molecular flexibility index (Phi) is 3.21. The number of hydrogen-bond donors (Lipinski definition) is 0. The summed E-state index contributed by atoms with van der Waals surface area (Å²) >= 11 is 0. The summed E-state index contributed by atoms with van der Waals surface area (Å²) in [4.78, 5) is 2.58. The molecule has 1 aromatic rings. The molecule has 0 spiro atoms. The van der Waals surface area contributed by atoms with Gasteiger partial charge in [-0.3, -0.25) is 4.90 Å². The van der Waals surface area contributed by atoms with Crippen molar-refractivity contribution in [2.24, 2.45) is 0 Å².